The highest BCUT2D eigenvalue weighted by atomic mass is 16.5. The molecule has 1 fully saturated rings. The molecule has 1 saturated heterocycles. The van der Waals surface area contributed by atoms with E-state index in [0.29, 0.717) is 51.0 Å². The third-order valence-electron chi connectivity index (χ3n) is 8.80. The number of carbonyl (C=O) groups excluding carboxylic acids is 2. The lowest BCUT2D eigenvalue weighted by Gasteiger charge is -2.35. The van der Waals surface area contributed by atoms with Crippen LogP contribution in [0.25, 0.3) is 0 Å². The number of unbranched alkanes of at least 4 members (excludes halogenated alkanes) is 2. The van der Waals surface area contributed by atoms with Crippen molar-refractivity contribution in [2.45, 2.75) is 105 Å². The summed E-state index contributed by atoms with van der Waals surface area (Å²) in [6, 6.07) is 0. The van der Waals surface area contributed by atoms with E-state index in [-0.39, 0.29) is 11.9 Å². The normalized spacial score (nSPS) is 16.2. The van der Waals surface area contributed by atoms with E-state index in [1.807, 2.05) is 0 Å². The van der Waals surface area contributed by atoms with Crippen molar-refractivity contribution in [1.29, 1.82) is 0 Å². The largest absolute Gasteiger partial charge is 0.465 e. The SMILES string of the molecule is CCCCC(CC)COC(=O)CCN(CCCN1CCN(CCCN(C)C)CC1)CCC(=O)OCC(CC)CCCC. The number of esters is 2. The Bertz CT molecular complexity index is 634. The molecule has 2 unspecified atom stereocenters. The van der Waals surface area contributed by atoms with Crippen LogP contribution in [0.4, 0.5) is 0 Å². The van der Waals surface area contributed by atoms with Crippen LogP contribution in [0.3, 0.4) is 0 Å². The first-order valence-electron chi connectivity index (χ1n) is 17.4. The summed E-state index contributed by atoms with van der Waals surface area (Å²) in [5.74, 6) is 0.671. The van der Waals surface area contributed by atoms with Gasteiger partial charge in [0.25, 0.3) is 0 Å². The van der Waals surface area contributed by atoms with Crippen LogP contribution in [0.15, 0.2) is 0 Å². The Morgan fingerprint density at radius 2 is 1.07 bits per heavy atom. The van der Waals surface area contributed by atoms with E-state index in [9.17, 15) is 9.59 Å². The molecule has 1 rings (SSSR count). The van der Waals surface area contributed by atoms with Crippen molar-refractivity contribution >= 4 is 11.9 Å². The average molecular weight is 597 g/mol. The van der Waals surface area contributed by atoms with Gasteiger partial charge < -0.3 is 29.1 Å². The van der Waals surface area contributed by atoms with Crippen LogP contribution in [0.5, 0.6) is 0 Å². The van der Waals surface area contributed by atoms with Crippen LogP contribution >= 0.6 is 0 Å². The summed E-state index contributed by atoms with van der Waals surface area (Å²) in [6.45, 7) is 19.8. The van der Waals surface area contributed by atoms with Crippen molar-refractivity contribution in [2.24, 2.45) is 11.8 Å². The molecule has 42 heavy (non-hydrogen) atoms. The molecular weight excluding hydrogens is 528 g/mol. The number of hydrogen-bond acceptors (Lipinski definition) is 8. The molecule has 0 aromatic rings. The fourth-order valence-corrected chi connectivity index (χ4v) is 5.56. The van der Waals surface area contributed by atoms with Crippen LogP contribution in [0, 0.1) is 11.8 Å². The van der Waals surface area contributed by atoms with Gasteiger partial charge in [-0.2, -0.15) is 0 Å². The fraction of sp³-hybridized carbons (Fsp3) is 0.941. The van der Waals surface area contributed by atoms with Crippen LogP contribution in [-0.2, 0) is 19.1 Å². The van der Waals surface area contributed by atoms with Gasteiger partial charge >= 0.3 is 11.9 Å². The molecule has 0 bridgehead atoms. The number of nitrogens with zero attached hydrogens (tertiary/aromatic N) is 4. The monoisotopic (exact) mass is 597 g/mol. The van der Waals surface area contributed by atoms with Gasteiger partial charge in [-0.3, -0.25) is 9.59 Å². The van der Waals surface area contributed by atoms with Crippen LogP contribution < -0.4 is 0 Å². The minimum absolute atomic E-state index is 0.121. The van der Waals surface area contributed by atoms with Gasteiger partial charge in [-0.25, -0.2) is 0 Å². The Kier molecular flexibility index (Phi) is 23.2. The topological polar surface area (TPSA) is 65.6 Å². The Hall–Kier alpha value is -1.22. The first-order chi connectivity index (χ1) is 20.3. The number of carbonyl (C=O) groups is 2. The number of rotatable bonds is 26. The smallest absolute Gasteiger partial charge is 0.307 e. The summed E-state index contributed by atoms with van der Waals surface area (Å²) in [6.07, 6.45) is 12.1. The van der Waals surface area contributed by atoms with Crippen molar-refractivity contribution in [2.75, 3.05) is 92.8 Å². The minimum atomic E-state index is -0.121. The minimum Gasteiger partial charge on any atom is -0.465 e. The summed E-state index contributed by atoms with van der Waals surface area (Å²) in [5, 5.41) is 0. The van der Waals surface area contributed by atoms with Crippen molar-refractivity contribution in [3.63, 3.8) is 0 Å². The second-order valence-corrected chi connectivity index (χ2v) is 12.7. The molecule has 1 heterocycles. The first kappa shape index (κ1) is 38.8. The van der Waals surface area contributed by atoms with Crippen LogP contribution in [0.2, 0.25) is 0 Å². The van der Waals surface area contributed by atoms with E-state index in [4.69, 9.17) is 9.47 Å². The van der Waals surface area contributed by atoms with E-state index in [0.717, 1.165) is 77.9 Å². The Morgan fingerprint density at radius 1 is 0.643 bits per heavy atom. The second kappa shape index (κ2) is 25.1. The molecule has 248 valence electrons. The van der Waals surface area contributed by atoms with E-state index < -0.39 is 0 Å². The van der Waals surface area contributed by atoms with Gasteiger partial charge in [-0.15, -0.1) is 0 Å². The van der Waals surface area contributed by atoms with Crippen molar-refractivity contribution in [3.05, 3.63) is 0 Å². The molecule has 0 aromatic heterocycles. The Labute approximate surface area is 259 Å². The highest BCUT2D eigenvalue weighted by Crippen LogP contribution is 2.15. The quantitative estimate of drug-likeness (QED) is 0.121. The van der Waals surface area contributed by atoms with E-state index in [1.54, 1.807) is 0 Å². The van der Waals surface area contributed by atoms with Gasteiger partial charge in [0.2, 0.25) is 0 Å². The molecule has 0 amide bonds. The zero-order valence-corrected chi connectivity index (χ0v) is 28.5. The zero-order chi connectivity index (χ0) is 31.0. The van der Waals surface area contributed by atoms with Crippen molar-refractivity contribution < 1.29 is 19.1 Å². The van der Waals surface area contributed by atoms with Crippen LogP contribution in [-0.4, -0.2) is 124 Å². The number of hydrogen-bond donors (Lipinski definition) is 0. The molecule has 0 radical (unpaired) electrons. The lowest BCUT2D eigenvalue weighted by atomic mass is 10.0. The van der Waals surface area contributed by atoms with Gasteiger partial charge in [0, 0.05) is 39.3 Å². The molecule has 0 spiro atoms. The summed E-state index contributed by atoms with van der Waals surface area (Å²) in [5.41, 5.74) is 0. The maximum atomic E-state index is 12.6. The number of ether oxygens (including phenoxy) is 2. The molecule has 1 aliphatic heterocycles. The van der Waals surface area contributed by atoms with Crippen molar-refractivity contribution in [1.82, 2.24) is 19.6 Å². The predicted molar refractivity (Wildman–Crippen MR) is 175 cm³/mol. The molecule has 0 N–H and O–H groups in total. The zero-order valence-electron chi connectivity index (χ0n) is 28.5. The third kappa shape index (κ3) is 19.9. The van der Waals surface area contributed by atoms with Gasteiger partial charge in [0.1, 0.15) is 0 Å². The number of piperazine rings is 1. The van der Waals surface area contributed by atoms with E-state index in [2.05, 4.69) is 61.4 Å². The molecule has 8 heteroatoms. The summed E-state index contributed by atoms with van der Waals surface area (Å²) in [4.78, 5) is 34.8. The van der Waals surface area contributed by atoms with Gasteiger partial charge in [-0.1, -0.05) is 66.2 Å². The predicted octanol–water partition coefficient (Wildman–Crippen LogP) is 5.55. The standard InChI is InChI=1S/C34H68N4O4/c1-7-11-15-31(9-3)29-41-33(39)17-23-36(24-18-34(40)42-30-32(10-4)16-12-8-2)21-14-22-38-27-25-37(26-28-38)20-13-19-35(5)6/h31-32H,7-30H2,1-6H3. The molecule has 0 aliphatic carbocycles. The fourth-order valence-electron chi connectivity index (χ4n) is 5.56. The van der Waals surface area contributed by atoms with Crippen LogP contribution in [0.1, 0.15) is 105 Å². The average Bonchev–Trinajstić information content (AvgIpc) is 2.99. The van der Waals surface area contributed by atoms with Gasteiger partial charge in [0.05, 0.1) is 26.1 Å². The maximum absolute atomic E-state index is 12.6. The molecule has 0 saturated carbocycles. The van der Waals surface area contributed by atoms with E-state index in [1.165, 1.54) is 38.6 Å². The highest BCUT2D eigenvalue weighted by Gasteiger charge is 2.18. The van der Waals surface area contributed by atoms with Gasteiger partial charge in [-0.05, 0) is 77.8 Å². The van der Waals surface area contributed by atoms with Crippen molar-refractivity contribution in [3.8, 4) is 0 Å². The summed E-state index contributed by atoms with van der Waals surface area (Å²) in [7, 11) is 4.28. The molecular formula is C34H68N4O4. The highest BCUT2D eigenvalue weighted by molar-refractivity contribution is 5.70. The second-order valence-electron chi connectivity index (χ2n) is 12.7. The Morgan fingerprint density at radius 3 is 1.45 bits per heavy atom. The lowest BCUT2D eigenvalue weighted by molar-refractivity contribution is -0.145. The lowest BCUT2D eigenvalue weighted by Crippen LogP contribution is -2.47. The van der Waals surface area contributed by atoms with Gasteiger partial charge in [0.15, 0.2) is 0 Å². The molecule has 2 atom stereocenters. The maximum Gasteiger partial charge on any atom is 0.307 e. The summed E-state index contributed by atoms with van der Waals surface area (Å²) < 4.78 is 11.3. The first-order valence-corrected chi connectivity index (χ1v) is 17.4. The third-order valence-corrected chi connectivity index (χ3v) is 8.80. The summed E-state index contributed by atoms with van der Waals surface area (Å²) >= 11 is 0. The van der Waals surface area contributed by atoms with E-state index >= 15 is 0 Å². The molecule has 1 aliphatic rings. The molecule has 0 aromatic carbocycles. The molecule has 8 nitrogen and oxygen atoms in total. The Balaban J connectivity index is 2.49.